The van der Waals surface area contributed by atoms with E-state index in [2.05, 4.69) is 15.3 Å². The molecular weight excluding hydrogens is 477 g/mol. The first-order valence-corrected chi connectivity index (χ1v) is 11.6. The van der Waals surface area contributed by atoms with Gasteiger partial charge in [0.2, 0.25) is 0 Å². The molecule has 34 heavy (non-hydrogen) atoms. The van der Waals surface area contributed by atoms with Crippen LogP contribution >= 0.6 is 0 Å². The van der Waals surface area contributed by atoms with Gasteiger partial charge < -0.3 is 14.8 Å². The summed E-state index contributed by atoms with van der Waals surface area (Å²) >= 11 is 0. The number of nitrogens with one attached hydrogen (secondary N) is 2. The lowest BCUT2D eigenvalue weighted by molar-refractivity contribution is -0.268. The number of nitrogens with zero attached hydrogens (tertiary/aromatic N) is 2. The smallest absolute Gasteiger partial charge is 0.438 e. The second-order valence-corrected chi connectivity index (χ2v) is 8.71. The Morgan fingerprint density at radius 1 is 0.971 bits per heavy atom. The van der Waals surface area contributed by atoms with Gasteiger partial charge in [0, 0.05) is 11.5 Å². The number of aromatic nitrogens is 2. The van der Waals surface area contributed by atoms with E-state index in [1.54, 1.807) is 24.8 Å². The maximum atomic E-state index is 14.0. The van der Waals surface area contributed by atoms with Crippen molar-refractivity contribution in [3.05, 3.63) is 48.8 Å². The third kappa shape index (κ3) is 5.48. The van der Waals surface area contributed by atoms with Crippen molar-refractivity contribution < 1.29 is 35.9 Å². The Morgan fingerprint density at radius 3 is 2.18 bits per heavy atom. The third-order valence-electron chi connectivity index (χ3n) is 4.61. The highest BCUT2D eigenvalue weighted by Gasteiger charge is 2.54. The summed E-state index contributed by atoms with van der Waals surface area (Å²) in [5.74, 6) is 0.397. The van der Waals surface area contributed by atoms with Crippen LogP contribution in [0.5, 0.6) is 11.5 Å². The maximum absolute atomic E-state index is 14.0. The van der Waals surface area contributed by atoms with E-state index in [-0.39, 0.29) is 34.0 Å². The first kappa shape index (κ1) is 25.5. The summed E-state index contributed by atoms with van der Waals surface area (Å²) in [6.45, 7) is 4.77. The zero-order valence-electron chi connectivity index (χ0n) is 18.5. The summed E-state index contributed by atoms with van der Waals surface area (Å²) < 4.78 is 77.9. The topological polar surface area (TPSA) is 112 Å². The average Bonchev–Trinajstić information content (AvgIpc) is 2.79. The van der Waals surface area contributed by atoms with Crippen LogP contribution in [0.25, 0.3) is 10.9 Å². The molecule has 1 unspecified atom stereocenters. The molecule has 0 bridgehead atoms. The van der Waals surface area contributed by atoms with Gasteiger partial charge in [-0.1, -0.05) is 23.1 Å². The van der Waals surface area contributed by atoms with Gasteiger partial charge >= 0.3 is 6.18 Å². The van der Waals surface area contributed by atoms with Gasteiger partial charge in [-0.05, 0) is 39.0 Å². The van der Waals surface area contributed by atoms with Crippen molar-refractivity contribution in [2.24, 2.45) is 0 Å². The van der Waals surface area contributed by atoms with Crippen LogP contribution in [0.1, 0.15) is 20.8 Å². The number of hydrogen-bond acceptors (Lipinski definition) is 8. The molecule has 0 aliphatic carbocycles. The van der Waals surface area contributed by atoms with Crippen molar-refractivity contribution in [3.8, 4) is 11.5 Å². The van der Waals surface area contributed by atoms with Crippen LogP contribution in [-0.2, 0) is 14.9 Å². The highest BCUT2D eigenvalue weighted by atomic mass is 32.2. The zero-order chi connectivity index (χ0) is 25.0. The predicted molar refractivity (Wildman–Crippen MR) is 118 cm³/mol. The van der Waals surface area contributed by atoms with Crippen LogP contribution < -0.4 is 19.7 Å². The van der Waals surface area contributed by atoms with Crippen molar-refractivity contribution in [1.29, 1.82) is 0 Å². The number of ether oxygens (including phenoxy) is 2. The average molecular weight is 500 g/mol. The van der Waals surface area contributed by atoms with Crippen molar-refractivity contribution in [1.82, 2.24) is 14.9 Å². The molecule has 0 saturated heterocycles. The molecule has 0 amide bonds. The van der Waals surface area contributed by atoms with Crippen LogP contribution in [-0.4, -0.2) is 43.5 Å². The highest BCUT2D eigenvalue weighted by Crippen LogP contribution is 2.38. The minimum Gasteiger partial charge on any atom is -0.490 e. The lowest BCUT2D eigenvalue weighted by atomic mass is 10.1. The number of rotatable bonds is 10. The molecule has 1 atom stereocenters. The van der Waals surface area contributed by atoms with E-state index in [1.165, 1.54) is 36.4 Å². The largest absolute Gasteiger partial charge is 0.490 e. The molecule has 9 nitrogen and oxygen atoms in total. The lowest BCUT2D eigenvalue weighted by Crippen LogP contribution is -2.55. The van der Waals surface area contributed by atoms with E-state index in [1.807, 2.05) is 0 Å². The van der Waals surface area contributed by atoms with Crippen molar-refractivity contribution in [2.75, 3.05) is 18.5 Å². The molecule has 0 spiro atoms. The van der Waals surface area contributed by atoms with E-state index in [0.29, 0.717) is 19.3 Å². The molecule has 3 rings (SSSR count). The molecule has 1 aromatic heterocycles. The minimum absolute atomic E-state index is 0.180. The molecule has 0 aliphatic heterocycles. The second kappa shape index (κ2) is 9.99. The van der Waals surface area contributed by atoms with E-state index >= 15 is 0 Å². The SMILES string of the molecule is CCOc1cc2ncnc(NC(C)(ONS(=O)(=O)c3ccccc3)C(F)(F)F)c2cc1OCC. The van der Waals surface area contributed by atoms with Gasteiger partial charge in [0.15, 0.2) is 11.5 Å². The fourth-order valence-corrected chi connectivity index (χ4v) is 3.75. The molecule has 2 N–H and O–H groups in total. The summed E-state index contributed by atoms with van der Waals surface area (Å²) in [4.78, 5) is 14.0. The van der Waals surface area contributed by atoms with E-state index in [0.717, 1.165) is 6.33 Å². The summed E-state index contributed by atoms with van der Waals surface area (Å²) in [5, 5.41) is 2.34. The van der Waals surface area contributed by atoms with Gasteiger partial charge in [-0.2, -0.15) is 13.2 Å². The van der Waals surface area contributed by atoms with Gasteiger partial charge in [-0.3, -0.25) is 0 Å². The van der Waals surface area contributed by atoms with Gasteiger partial charge in [0.1, 0.15) is 12.1 Å². The fraction of sp³-hybridized carbons (Fsp3) is 0.333. The highest BCUT2D eigenvalue weighted by molar-refractivity contribution is 7.89. The van der Waals surface area contributed by atoms with Gasteiger partial charge in [0.05, 0.1) is 23.6 Å². The Kier molecular flexibility index (Phi) is 7.48. The van der Waals surface area contributed by atoms with E-state index < -0.39 is 21.9 Å². The number of sulfonamides is 1. The number of hydrogen-bond donors (Lipinski definition) is 2. The van der Waals surface area contributed by atoms with Crippen LogP contribution in [0.3, 0.4) is 0 Å². The monoisotopic (exact) mass is 500 g/mol. The first-order valence-electron chi connectivity index (χ1n) is 10.1. The summed E-state index contributed by atoms with van der Waals surface area (Å²) in [6.07, 6.45) is -4.00. The Balaban J connectivity index is 1.98. The predicted octanol–water partition coefficient (Wildman–Crippen LogP) is 4.03. The van der Waals surface area contributed by atoms with E-state index in [9.17, 15) is 21.6 Å². The Morgan fingerprint density at radius 2 is 1.59 bits per heavy atom. The summed E-state index contributed by atoms with van der Waals surface area (Å²) in [6, 6.07) is 9.80. The first-order chi connectivity index (χ1) is 16.0. The normalized spacial score (nSPS) is 13.9. The zero-order valence-corrected chi connectivity index (χ0v) is 19.3. The van der Waals surface area contributed by atoms with Crippen LogP contribution in [0, 0.1) is 0 Å². The second-order valence-electron chi connectivity index (χ2n) is 7.06. The van der Waals surface area contributed by atoms with Crippen LogP contribution in [0.15, 0.2) is 53.7 Å². The van der Waals surface area contributed by atoms with Crippen molar-refractivity contribution >= 4 is 26.7 Å². The molecule has 184 valence electrons. The molecule has 0 aliphatic rings. The lowest BCUT2D eigenvalue weighted by Gasteiger charge is -2.32. The molecule has 0 fully saturated rings. The fourth-order valence-electron chi connectivity index (χ4n) is 2.87. The van der Waals surface area contributed by atoms with Crippen molar-refractivity contribution in [3.63, 3.8) is 0 Å². The number of benzene rings is 2. The molecule has 0 saturated carbocycles. The number of anilines is 1. The maximum Gasteiger partial charge on any atom is 0.438 e. The molecule has 2 aromatic carbocycles. The number of halogens is 3. The Hall–Kier alpha value is -3.16. The number of fused-ring (bicyclic) bond motifs is 1. The Labute approximate surface area is 194 Å². The standard InChI is InChI=1S/C21H23F3N4O5S/c1-4-31-17-11-15-16(12-18(17)32-5-2)25-13-26-19(15)27-20(3,21(22,23)24)33-28-34(29,30)14-9-7-6-8-10-14/h6-13,28H,4-5H2,1-3H3,(H,25,26,27). The Bertz CT molecular complexity index is 1240. The van der Waals surface area contributed by atoms with Gasteiger partial charge in [0.25, 0.3) is 15.7 Å². The third-order valence-corrected chi connectivity index (χ3v) is 5.80. The van der Waals surface area contributed by atoms with Gasteiger partial charge in [-0.25, -0.2) is 23.2 Å². The minimum atomic E-state index is -5.06. The number of alkyl halides is 3. The van der Waals surface area contributed by atoms with Gasteiger partial charge in [-0.15, -0.1) is 0 Å². The summed E-state index contributed by atoms with van der Waals surface area (Å²) in [5.41, 5.74) is -2.92. The molecule has 3 aromatic rings. The molecular formula is C21H23F3N4O5S. The molecule has 1 heterocycles. The van der Waals surface area contributed by atoms with Crippen molar-refractivity contribution in [2.45, 2.75) is 37.6 Å². The summed E-state index contributed by atoms with van der Waals surface area (Å²) in [7, 11) is -4.40. The molecule has 13 heteroatoms. The van der Waals surface area contributed by atoms with Crippen LogP contribution in [0.2, 0.25) is 0 Å². The van der Waals surface area contributed by atoms with E-state index in [4.69, 9.17) is 14.3 Å². The quantitative estimate of drug-likeness (QED) is 0.317. The molecule has 0 radical (unpaired) electrons. The van der Waals surface area contributed by atoms with Crippen LogP contribution in [0.4, 0.5) is 19.0 Å².